The van der Waals surface area contributed by atoms with Crippen LogP contribution in [-0.4, -0.2) is 89.0 Å². The molecule has 2 unspecified atom stereocenters. The van der Waals surface area contributed by atoms with Crippen molar-refractivity contribution in [1.29, 1.82) is 0 Å². The number of aliphatic hydroxyl groups is 4. The largest absolute Gasteiger partial charge is 0.462 e. The Labute approximate surface area is 291 Å². The molecule has 0 amide bonds. The summed E-state index contributed by atoms with van der Waals surface area (Å²) in [5, 5.41) is 39.9. The lowest BCUT2D eigenvalue weighted by Gasteiger charge is -2.39. The first-order chi connectivity index (χ1) is 23.3. The van der Waals surface area contributed by atoms with Crippen molar-refractivity contribution in [3.05, 3.63) is 0 Å². The van der Waals surface area contributed by atoms with Crippen molar-refractivity contribution >= 4 is 11.9 Å². The molecule has 1 aliphatic heterocycles. The lowest BCUT2D eigenvalue weighted by molar-refractivity contribution is -0.305. The van der Waals surface area contributed by atoms with Gasteiger partial charge in [-0.3, -0.25) is 9.59 Å². The standard InChI is InChI=1S/C38H72O10/c1-3-5-7-9-11-13-15-16-17-19-20-22-24-26-33(40)45-29-31(30-46-38-37(44)36(43)35(42)32(28-39)48-38)47-34(41)27-25-23-21-18-14-12-10-8-6-4-2/h31-32,35-39,42-44H,3-30H2,1-2H3/t31-,32-,35+,36?,37?,38-/m0/s1. The molecule has 0 bridgehead atoms. The highest BCUT2D eigenvalue weighted by Crippen LogP contribution is 2.22. The number of carbonyl (C=O) groups excluding carboxylic acids is 2. The average Bonchev–Trinajstić information content (AvgIpc) is 3.08. The van der Waals surface area contributed by atoms with Gasteiger partial charge in [-0.1, -0.05) is 149 Å². The molecule has 0 aromatic heterocycles. The summed E-state index contributed by atoms with van der Waals surface area (Å²) in [7, 11) is 0. The summed E-state index contributed by atoms with van der Waals surface area (Å²) in [6.07, 6.45) is 19.7. The minimum atomic E-state index is -1.59. The number of esters is 2. The van der Waals surface area contributed by atoms with Gasteiger partial charge in [0.15, 0.2) is 12.4 Å². The van der Waals surface area contributed by atoms with Crippen LogP contribution in [0.2, 0.25) is 0 Å². The molecular formula is C38H72O10. The second-order valence-corrected chi connectivity index (χ2v) is 13.8. The van der Waals surface area contributed by atoms with E-state index in [0.29, 0.717) is 6.42 Å². The normalized spacial score (nSPS) is 21.7. The zero-order valence-corrected chi connectivity index (χ0v) is 30.5. The summed E-state index contributed by atoms with van der Waals surface area (Å²) in [5.41, 5.74) is 0. The highest BCUT2D eigenvalue weighted by atomic mass is 16.7. The molecule has 0 aromatic carbocycles. The predicted molar refractivity (Wildman–Crippen MR) is 187 cm³/mol. The van der Waals surface area contributed by atoms with Crippen LogP contribution >= 0.6 is 0 Å². The Kier molecular flexibility index (Phi) is 28.4. The molecule has 0 saturated carbocycles. The molecule has 0 radical (unpaired) electrons. The number of hydrogen-bond acceptors (Lipinski definition) is 10. The molecule has 1 rings (SSSR count). The van der Waals surface area contributed by atoms with Crippen LogP contribution in [0.5, 0.6) is 0 Å². The minimum absolute atomic E-state index is 0.210. The maximum Gasteiger partial charge on any atom is 0.306 e. The van der Waals surface area contributed by atoms with Gasteiger partial charge in [-0.25, -0.2) is 0 Å². The van der Waals surface area contributed by atoms with E-state index in [2.05, 4.69) is 13.8 Å². The van der Waals surface area contributed by atoms with Gasteiger partial charge in [0.2, 0.25) is 0 Å². The van der Waals surface area contributed by atoms with Crippen molar-refractivity contribution in [2.45, 2.75) is 211 Å². The van der Waals surface area contributed by atoms with E-state index >= 15 is 0 Å². The summed E-state index contributed by atoms with van der Waals surface area (Å²) < 4.78 is 22.0. The lowest BCUT2D eigenvalue weighted by atomic mass is 9.99. The molecule has 1 fully saturated rings. The van der Waals surface area contributed by atoms with E-state index in [1.807, 2.05) is 0 Å². The third-order valence-electron chi connectivity index (χ3n) is 9.24. The maximum atomic E-state index is 12.6. The van der Waals surface area contributed by atoms with Crippen LogP contribution in [0.25, 0.3) is 0 Å². The smallest absolute Gasteiger partial charge is 0.306 e. The Balaban J connectivity index is 2.38. The van der Waals surface area contributed by atoms with Gasteiger partial charge >= 0.3 is 11.9 Å². The Morgan fingerprint density at radius 1 is 0.562 bits per heavy atom. The Hall–Kier alpha value is -1.30. The molecule has 1 heterocycles. The second-order valence-electron chi connectivity index (χ2n) is 13.8. The number of ether oxygens (including phenoxy) is 4. The van der Waals surface area contributed by atoms with Crippen LogP contribution in [0, 0.1) is 0 Å². The molecule has 6 atom stereocenters. The Morgan fingerprint density at radius 3 is 1.42 bits per heavy atom. The van der Waals surface area contributed by atoms with Gasteiger partial charge in [0.05, 0.1) is 13.2 Å². The van der Waals surface area contributed by atoms with Crippen LogP contribution < -0.4 is 0 Å². The Bertz CT molecular complexity index is 764. The molecule has 4 N–H and O–H groups in total. The first-order valence-corrected chi connectivity index (χ1v) is 19.6. The molecule has 1 saturated heterocycles. The molecule has 48 heavy (non-hydrogen) atoms. The molecular weight excluding hydrogens is 616 g/mol. The monoisotopic (exact) mass is 689 g/mol. The third kappa shape index (κ3) is 22.4. The van der Waals surface area contributed by atoms with Crippen molar-refractivity contribution in [2.24, 2.45) is 0 Å². The van der Waals surface area contributed by atoms with E-state index in [-0.39, 0.29) is 32.0 Å². The van der Waals surface area contributed by atoms with Gasteiger partial charge in [-0.05, 0) is 12.8 Å². The van der Waals surface area contributed by atoms with Gasteiger partial charge < -0.3 is 39.4 Å². The lowest BCUT2D eigenvalue weighted by Crippen LogP contribution is -2.59. The fourth-order valence-corrected chi connectivity index (χ4v) is 6.07. The topological polar surface area (TPSA) is 152 Å². The molecule has 0 aliphatic carbocycles. The van der Waals surface area contributed by atoms with Gasteiger partial charge in [-0.2, -0.15) is 0 Å². The number of rotatable bonds is 32. The minimum Gasteiger partial charge on any atom is -0.462 e. The summed E-state index contributed by atoms with van der Waals surface area (Å²) >= 11 is 0. The first-order valence-electron chi connectivity index (χ1n) is 19.6. The van der Waals surface area contributed by atoms with E-state index in [0.717, 1.165) is 38.5 Å². The van der Waals surface area contributed by atoms with Crippen LogP contribution in [0.3, 0.4) is 0 Å². The van der Waals surface area contributed by atoms with Crippen LogP contribution in [0.4, 0.5) is 0 Å². The maximum absolute atomic E-state index is 12.6. The van der Waals surface area contributed by atoms with Gasteiger partial charge in [0.1, 0.15) is 31.0 Å². The fourth-order valence-electron chi connectivity index (χ4n) is 6.07. The summed E-state index contributed by atoms with van der Waals surface area (Å²) in [5.74, 6) is -0.800. The summed E-state index contributed by atoms with van der Waals surface area (Å²) in [6, 6.07) is 0. The Morgan fingerprint density at radius 2 is 0.979 bits per heavy atom. The number of unbranched alkanes of at least 4 members (excludes halogenated alkanes) is 21. The van der Waals surface area contributed by atoms with Crippen molar-refractivity contribution in [3.63, 3.8) is 0 Å². The average molecular weight is 689 g/mol. The van der Waals surface area contributed by atoms with E-state index in [1.54, 1.807) is 0 Å². The van der Waals surface area contributed by atoms with E-state index in [9.17, 15) is 30.0 Å². The van der Waals surface area contributed by atoms with E-state index in [4.69, 9.17) is 18.9 Å². The summed E-state index contributed by atoms with van der Waals surface area (Å²) in [6.45, 7) is 3.40. The summed E-state index contributed by atoms with van der Waals surface area (Å²) in [4.78, 5) is 25.1. The molecule has 0 spiro atoms. The van der Waals surface area contributed by atoms with Crippen LogP contribution in [-0.2, 0) is 28.5 Å². The third-order valence-corrected chi connectivity index (χ3v) is 9.24. The molecule has 1 aliphatic rings. The molecule has 10 heteroatoms. The second kappa shape index (κ2) is 30.5. The van der Waals surface area contributed by atoms with Gasteiger partial charge in [-0.15, -0.1) is 0 Å². The van der Waals surface area contributed by atoms with Crippen molar-refractivity contribution in [1.82, 2.24) is 0 Å². The van der Waals surface area contributed by atoms with Gasteiger partial charge in [0, 0.05) is 12.8 Å². The van der Waals surface area contributed by atoms with Crippen LogP contribution in [0.15, 0.2) is 0 Å². The van der Waals surface area contributed by atoms with Crippen molar-refractivity contribution in [2.75, 3.05) is 19.8 Å². The number of hydrogen-bond donors (Lipinski definition) is 4. The zero-order valence-electron chi connectivity index (χ0n) is 30.5. The highest BCUT2D eigenvalue weighted by Gasteiger charge is 2.44. The first kappa shape index (κ1) is 44.7. The van der Waals surface area contributed by atoms with E-state index < -0.39 is 49.4 Å². The van der Waals surface area contributed by atoms with E-state index in [1.165, 1.54) is 103 Å². The van der Waals surface area contributed by atoms with Crippen LogP contribution in [0.1, 0.15) is 174 Å². The zero-order chi connectivity index (χ0) is 35.2. The van der Waals surface area contributed by atoms with Crippen molar-refractivity contribution in [3.8, 4) is 0 Å². The number of carbonyl (C=O) groups is 2. The predicted octanol–water partition coefficient (Wildman–Crippen LogP) is 7.05. The highest BCUT2D eigenvalue weighted by molar-refractivity contribution is 5.70. The quantitative estimate of drug-likeness (QED) is 0.0427. The SMILES string of the molecule is CCCCCCCCCCCCCCCC(=O)OC[C@@H](CO[C@H]1O[C@@H](CO)[C@@H](O)C(O)C1O)OC(=O)CCCCCCCCCCCC. The molecule has 10 nitrogen and oxygen atoms in total. The number of aliphatic hydroxyl groups excluding tert-OH is 4. The molecule has 284 valence electrons. The van der Waals surface area contributed by atoms with Crippen molar-refractivity contribution < 1.29 is 49.0 Å². The molecule has 0 aromatic rings. The fraction of sp³-hybridized carbons (Fsp3) is 0.947. The van der Waals surface area contributed by atoms with Gasteiger partial charge in [0.25, 0.3) is 0 Å².